The predicted octanol–water partition coefficient (Wildman–Crippen LogP) is 5.72. The number of nitrogens with zero attached hydrogens (tertiary/aromatic N) is 3. The van der Waals surface area contributed by atoms with Crippen LogP contribution in [0.25, 0.3) is 10.9 Å². The molecule has 4 aromatic rings. The van der Waals surface area contributed by atoms with Crippen molar-refractivity contribution in [3.8, 4) is 11.5 Å². The van der Waals surface area contributed by atoms with Crippen LogP contribution in [0, 0.1) is 12.8 Å². The Morgan fingerprint density at radius 2 is 1.68 bits per heavy atom. The molecule has 0 atom stereocenters. The number of likely N-dealkylation sites (tertiary alicyclic amines) is 1. The van der Waals surface area contributed by atoms with Gasteiger partial charge in [0.2, 0.25) is 0 Å². The van der Waals surface area contributed by atoms with E-state index < -0.39 is 0 Å². The largest absolute Gasteiger partial charge is 0.457 e. The summed E-state index contributed by atoms with van der Waals surface area (Å²) in [7, 11) is 1.61. The maximum absolute atomic E-state index is 13.1. The van der Waals surface area contributed by atoms with Gasteiger partial charge in [0.15, 0.2) is 0 Å². The third-order valence-corrected chi connectivity index (χ3v) is 7.59. The molecular formula is C31H33ClN4O4. The fraction of sp³-hybridized carbons (Fsp3) is 0.323. The number of carbonyl (C=O) groups is 2. The molecule has 1 N–H and O–H groups in total. The van der Waals surface area contributed by atoms with Gasteiger partial charge in [-0.25, -0.2) is 0 Å². The molecule has 3 aromatic carbocycles. The molecule has 0 spiro atoms. The smallest absolute Gasteiger partial charge is 0.253 e. The summed E-state index contributed by atoms with van der Waals surface area (Å²) in [5.41, 5.74) is 3.10. The van der Waals surface area contributed by atoms with Gasteiger partial charge in [-0.1, -0.05) is 11.6 Å². The Balaban J connectivity index is 1.15. The van der Waals surface area contributed by atoms with Crippen molar-refractivity contribution in [2.24, 2.45) is 5.92 Å². The summed E-state index contributed by atoms with van der Waals surface area (Å²) in [4.78, 5) is 27.6. The fourth-order valence-corrected chi connectivity index (χ4v) is 5.18. The van der Waals surface area contributed by atoms with Crippen LogP contribution in [0.15, 0.2) is 66.9 Å². The van der Waals surface area contributed by atoms with Crippen LogP contribution < -0.4 is 10.1 Å². The molecule has 2 heterocycles. The van der Waals surface area contributed by atoms with E-state index in [4.69, 9.17) is 26.2 Å². The van der Waals surface area contributed by atoms with Crippen LogP contribution in [0.2, 0.25) is 5.02 Å². The second kappa shape index (κ2) is 12.5. The van der Waals surface area contributed by atoms with Gasteiger partial charge in [-0.15, -0.1) is 0 Å². The van der Waals surface area contributed by atoms with E-state index in [2.05, 4.69) is 5.32 Å². The Morgan fingerprint density at radius 3 is 2.35 bits per heavy atom. The number of amides is 2. The number of piperidine rings is 1. The maximum atomic E-state index is 13.1. The van der Waals surface area contributed by atoms with Gasteiger partial charge in [0, 0.05) is 61.0 Å². The molecule has 0 unspecified atom stereocenters. The first-order valence-corrected chi connectivity index (χ1v) is 13.9. The highest BCUT2D eigenvalue weighted by molar-refractivity contribution is 6.30. The number of methoxy groups -OCH3 is 1. The van der Waals surface area contributed by atoms with Crippen LogP contribution in [0.3, 0.4) is 0 Å². The van der Waals surface area contributed by atoms with E-state index in [-0.39, 0.29) is 11.8 Å². The molecule has 0 radical (unpaired) electrons. The first-order valence-electron chi connectivity index (χ1n) is 13.5. The van der Waals surface area contributed by atoms with E-state index in [1.165, 1.54) is 0 Å². The Morgan fingerprint density at radius 1 is 1.00 bits per heavy atom. The molecule has 0 aliphatic carbocycles. The average Bonchev–Trinajstić information content (AvgIpc) is 3.38. The zero-order valence-electron chi connectivity index (χ0n) is 22.7. The molecule has 0 saturated carbocycles. The number of hydrogen-bond donors (Lipinski definition) is 1. The molecule has 1 aromatic heterocycles. The van der Waals surface area contributed by atoms with Crippen molar-refractivity contribution in [3.05, 3.63) is 88.6 Å². The molecule has 1 aliphatic rings. The van der Waals surface area contributed by atoms with Crippen LogP contribution in [-0.2, 0) is 11.3 Å². The van der Waals surface area contributed by atoms with E-state index in [9.17, 15) is 9.59 Å². The molecule has 9 heteroatoms. The van der Waals surface area contributed by atoms with Gasteiger partial charge in [0.25, 0.3) is 11.8 Å². The predicted molar refractivity (Wildman–Crippen MR) is 155 cm³/mol. The number of aryl methyl sites for hydroxylation is 1. The minimum absolute atomic E-state index is 0.0354. The van der Waals surface area contributed by atoms with Crippen molar-refractivity contribution in [1.82, 2.24) is 20.0 Å². The van der Waals surface area contributed by atoms with E-state index in [0.717, 1.165) is 35.9 Å². The molecule has 0 bridgehead atoms. The second-order valence-electron chi connectivity index (χ2n) is 10.1. The van der Waals surface area contributed by atoms with Gasteiger partial charge in [0.1, 0.15) is 11.5 Å². The number of nitrogens with one attached hydrogen (secondary N) is 1. The van der Waals surface area contributed by atoms with Crippen LogP contribution in [0.5, 0.6) is 11.5 Å². The topological polar surface area (TPSA) is 85.7 Å². The van der Waals surface area contributed by atoms with Crippen molar-refractivity contribution in [1.29, 1.82) is 0 Å². The van der Waals surface area contributed by atoms with E-state index in [1.807, 2.05) is 59.1 Å². The lowest BCUT2D eigenvalue weighted by Gasteiger charge is -2.32. The third kappa shape index (κ3) is 6.46. The highest BCUT2D eigenvalue weighted by Crippen LogP contribution is 2.26. The SMILES string of the molecule is COCCNC(=O)c1ccc2nn(CC3CCN(C(=O)c4ccc(Oc5ccc(Cl)cc5)cc4)CC3)cc2c1C. The molecule has 2 amide bonds. The summed E-state index contributed by atoms with van der Waals surface area (Å²) in [6.07, 6.45) is 3.85. The quantitative estimate of drug-likeness (QED) is 0.265. The van der Waals surface area contributed by atoms with Crippen molar-refractivity contribution in [3.63, 3.8) is 0 Å². The third-order valence-electron chi connectivity index (χ3n) is 7.34. The molecule has 5 rings (SSSR count). The molecular weight excluding hydrogens is 528 g/mol. The molecule has 40 heavy (non-hydrogen) atoms. The first kappa shape index (κ1) is 27.7. The normalized spacial score (nSPS) is 13.9. The summed E-state index contributed by atoms with van der Waals surface area (Å²) < 4.78 is 12.8. The Kier molecular flexibility index (Phi) is 8.67. The zero-order valence-corrected chi connectivity index (χ0v) is 23.5. The molecule has 8 nitrogen and oxygen atoms in total. The molecule has 208 valence electrons. The number of benzene rings is 3. The van der Waals surface area contributed by atoms with Crippen molar-refractivity contribution in [2.45, 2.75) is 26.3 Å². The lowest BCUT2D eigenvalue weighted by molar-refractivity contribution is 0.0681. The van der Waals surface area contributed by atoms with E-state index >= 15 is 0 Å². The number of rotatable bonds is 9. The summed E-state index contributed by atoms with van der Waals surface area (Å²) in [6, 6.07) is 18.1. The van der Waals surface area contributed by atoms with Gasteiger partial charge in [-0.05, 0) is 91.9 Å². The minimum atomic E-state index is -0.107. The monoisotopic (exact) mass is 560 g/mol. The second-order valence-corrected chi connectivity index (χ2v) is 10.5. The number of carbonyl (C=O) groups excluding carboxylic acids is 2. The summed E-state index contributed by atoms with van der Waals surface area (Å²) in [5, 5.41) is 9.27. The minimum Gasteiger partial charge on any atom is -0.457 e. The van der Waals surface area contributed by atoms with Crippen LogP contribution in [0.4, 0.5) is 0 Å². The van der Waals surface area contributed by atoms with Gasteiger partial charge >= 0.3 is 0 Å². The number of ether oxygens (including phenoxy) is 2. The highest BCUT2D eigenvalue weighted by Gasteiger charge is 2.24. The van der Waals surface area contributed by atoms with Crippen LogP contribution in [0.1, 0.15) is 39.1 Å². The van der Waals surface area contributed by atoms with Crippen molar-refractivity contribution in [2.75, 3.05) is 33.4 Å². The average molecular weight is 561 g/mol. The van der Waals surface area contributed by atoms with Crippen molar-refractivity contribution < 1.29 is 19.1 Å². The zero-order chi connectivity index (χ0) is 28.1. The van der Waals surface area contributed by atoms with Gasteiger partial charge in [0.05, 0.1) is 12.1 Å². The van der Waals surface area contributed by atoms with Gasteiger partial charge < -0.3 is 19.7 Å². The Bertz CT molecular complexity index is 1480. The van der Waals surface area contributed by atoms with Gasteiger partial charge in [-0.3, -0.25) is 14.3 Å². The maximum Gasteiger partial charge on any atom is 0.253 e. The highest BCUT2D eigenvalue weighted by atomic mass is 35.5. The lowest BCUT2D eigenvalue weighted by atomic mass is 9.96. The number of hydrogen-bond acceptors (Lipinski definition) is 5. The molecule has 1 aliphatic heterocycles. The fourth-order valence-electron chi connectivity index (χ4n) is 5.05. The van der Waals surface area contributed by atoms with E-state index in [1.54, 1.807) is 31.4 Å². The Labute approximate surface area is 238 Å². The first-order chi connectivity index (χ1) is 19.4. The molecule has 1 fully saturated rings. The number of aromatic nitrogens is 2. The number of halogens is 1. The summed E-state index contributed by atoms with van der Waals surface area (Å²) >= 11 is 5.93. The Hall–Kier alpha value is -3.88. The number of fused-ring (bicyclic) bond motifs is 1. The van der Waals surface area contributed by atoms with Gasteiger partial charge in [-0.2, -0.15) is 5.10 Å². The van der Waals surface area contributed by atoms with Crippen LogP contribution >= 0.6 is 11.6 Å². The summed E-state index contributed by atoms with van der Waals surface area (Å²) in [6.45, 7) is 5.09. The van der Waals surface area contributed by atoms with Crippen LogP contribution in [-0.4, -0.2) is 59.8 Å². The molecule has 1 saturated heterocycles. The van der Waals surface area contributed by atoms with E-state index in [0.29, 0.717) is 59.8 Å². The van der Waals surface area contributed by atoms with Crippen molar-refractivity contribution >= 4 is 34.3 Å². The standard InChI is InChI=1S/C31H33ClN4O4/c1-21-27(30(37)33-15-18-39-2)11-12-29-28(21)20-36(34-29)19-22-13-16-35(17-14-22)31(38)23-3-7-25(8-4-23)40-26-9-5-24(32)6-10-26/h3-12,20,22H,13-19H2,1-2H3,(H,33,37). The lowest BCUT2D eigenvalue weighted by Crippen LogP contribution is -2.39. The summed E-state index contributed by atoms with van der Waals surface area (Å²) in [5.74, 6) is 1.71.